The van der Waals surface area contributed by atoms with Crippen molar-refractivity contribution in [2.45, 2.75) is 37.1 Å². The van der Waals surface area contributed by atoms with E-state index in [4.69, 9.17) is 9.47 Å². The van der Waals surface area contributed by atoms with Crippen LogP contribution in [-0.2, 0) is 14.3 Å². The average molecular weight is 186 g/mol. The number of carbonyl (C=O) groups excluding carboxylic acids is 1. The minimum atomic E-state index is -1.74. The van der Waals surface area contributed by atoms with Crippen molar-refractivity contribution in [1.29, 1.82) is 0 Å². The fraction of sp³-hybridized carbons (Fsp3) is 0.667. The van der Waals surface area contributed by atoms with Crippen molar-refractivity contribution in [3.63, 3.8) is 0 Å². The van der Waals surface area contributed by atoms with E-state index in [1.807, 2.05) is 0 Å². The van der Waals surface area contributed by atoms with Crippen LogP contribution in [0, 0.1) is 0 Å². The molecule has 3 unspecified atom stereocenters. The monoisotopic (exact) mass is 186 g/mol. The smallest absolute Gasteiger partial charge is 0.344 e. The molecule has 0 spiro atoms. The lowest BCUT2D eigenvalue weighted by Gasteiger charge is -2.26. The lowest BCUT2D eigenvalue weighted by atomic mass is 9.86. The Bertz CT molecular complexity index is 253. The van der Waals surface area contributed by atoms with Crippen LogP contribution in [0.15, 0.2) is 12.8 Å². The van der Waals surface area contributed by atoms with Gasteiger partial charge in [0.15, 0.2) is 0 Å². The molecular weight excluding hydrogens is 175 g/mol. The molecule has 0 aromatic heterocycles. The van der Waals surface area contributed by atoms with Gasteiger partial charge in [-0.3, -0.25) is 0 Å². The number of rotatable bonds is 2. The SMILES string of the molecule is C=COC1CCC2(F)CC1OC2=O. The molecule has 0 amide bonds. The zero-order valence-corrected chi connectivity index (χ0v) is 7.16. The first-order valence-corrected chi connectivity index (χ1v) is 4.32. The van der Waals surface area contributed by atoms with Crippen molar-refractivity contribution in [1.82, 2.24) is 0 Å². The molecule has 1 aliphatic carbocycles. The van der Waals surface area contributed by atoms with Crippen LogP contribution in [0.1, 0.15) is 19.3 Å². The maximum absolute atomic E-state index is 13.6. The number of hydrogen-bond donors (Lipinski definition) is 0. The molecule has 3 nitrogen and oxygen atoms in total. The summed E-state index contributed by atoms with van der Waals surface area (Å²) in [6.07, 6.45) is 1.50. The second kappa shape index (κ2) is 2.72. The second-order valence-electron chi connectivity index (χ2n) is 3.49. The Kier molecular flexibility index (Phi) is 1.78. The number of alkyl halides is 1. The van der Waals surface area contributed by atoms with E-state index in [-0.39, 0.29) is 18.9 Å². The summed E-state index contributed by atoms with van der Waals surface area (Å²) in [6, 6.07) is 0. The Morgan fingerprint density at radius 2 is 2.54 bits per heavy atom. The van der Waals surface area contributed by atoms with E-state index < -0.39 is 17.7 Å². The summed E-state index contributed by atoms with van der Waals surface area (Å²) in [5.41, 5.74) is -1.74. The molecule has 4 heteroatoms. The highest BCUT2D eigenvalue weighted by molar-refractivity contribution is 5.82. The van der Waals surface area contributed by atoms with Crippen LogP contribution in [0.25, 0.3) is 0 Å². The number of esters is 1. The topological polar surface area (TPSA) is 35.5 Å². The maximum Gasteiger partial charge on any atom is 0.344 e. The highest BCUT2D eigenvalue weighted by Gasteiger charge is 2.56. The molecule has 2 rings (SSSR count). The van der Waals surface area contributed by atoms with Crippen LogP contribution >= 0.6 is 0 Å². The highest BCUT2D eigenvalue weighted by atomic mass is 19.1. The summed E-state index contributed by atoms with van der Waals surface area (Å²) in [6.45, 7) is 3.42. The molecule has 3 atom stereocenters. The van der Waals surface area contributed by atoms with E-state index in [0.717, 1.165) is 0 Å². The summed E-state index contributed by atoms with van der Waals surface area (Å²) in [5, 5.41) is 0. The van der Waals surface area contributed by atoms with Gasteiger partial charge in [-0.25, -0.2) is 9.18 Å². The molecule has 72 valence electrons. The molecule has 1 heterocycles. The van der Waals surface area contributed by atoms with Gasteiger partial charge in [0, 0.05) is 6.42 Å². The van der Waals surface area contributed by atoms with Crippen LogP contribution in [0.3, 0.4) is 0 Å². The van der Waals surface area contributed by atoms with E-state index in [0.29, 0.717) is 6.42 Å². The van der Waals surface area contributed by atoms with Gasteiger partial charge in [-0.2, -0.15) is 0 Å². The Balaban J connectivity index is 2.11. The summed E-state index contributed by atoms with van der Waals surface area (Å²) in [7, 11) is 0. The van der Waals surface area contributed by atoms with Crippen molar-refractivity contribution in [3.8, 4) is 0 Å². The predicted octanol–water partition coefficient (Wildman–Crippen LogP) is 1.33. The zero-order chi connectivity index (χ0) is 9.47. The standard InChI is InChI=1S/C9H11FO3/c1-2-12-6-3-4-9(10)5-7(6)13-8(9)11/h2,6-7H,1,3-5H2. The van der Waals surface area contributed by atoms with Gasteiger partial charge in [-0.1, -0.05) is 6.58 Å². The molecule has 0 radical (unpaired) electrons. The van der Waals surface area contributed by atoms with Crippen molar-refractivity contribution in [3.05, 3.63) is 12.8 Å². The van der Waals surface area contributed by atoms with Crippen molar-refractivity contribution >= 4 is 5.97 Å². The van der Waals surface area contributed by atoms with Gasteiger partial charge in [0.1, 0.15) is 12.2 Å². The lowest BCUT2D eigenvalue weighted by Crippen LogP contribution is -2.37. The summed E-state index contributed by atoms with van der Waals surface area (Å²) in [5.74, 6) is -0.729. The molecule has 2 bridgehead atoms. The molecular formula is C9H11FO3. The molecule has 2 fully saturated rings. The van der Waals surface area contributed by atoms with Gasteiger partial charge in [-0.15, -0.1) is 0 Å². The number of fused-ring (bicyclic) bond motifs is 2. The molecule has 13 heavy (non-hydrogen) atoms. The minimum Gasteiger partial charge on any atom is -0.495 e. The van der Waals surface area contributed by atoms with E-state index >= 15 is 0 Å². The number of halogens is 1. The first kappa shape index (κ1) is 8.53. The first-order valence-electron chi connectivity index (χ1n) is 4.32. The fourth-order valence-electron chi connectivity index (χ4n) is 1.93. The first-order chi connectivity index (χ1) is 6.15. The summed E-state index contributed by atoms with van der Waals surface area (Å²) in [4.78, 5) is 11.0. The molecule has 2 aliphatic rings. The molecule has 1 aliphatic heterocycles. The number of hydrogen-bond acceptors (Lipinski definition) is 3. The van der Waals surface area contributed by atoms with Crippen LogP contribution in [0.5, 0.6) is 0 Å². The third-order valence-corrected chi connectivity index (χ3v) is 2.66. The number of carbonyl (C=O) groups is 1. The Morgan fingerprint density at radius 1 is 1.77 bits per heavy atom. The summed E-state index contributed by atoms with van der Waals surface area (Å²) < 4.78 is 23.6. The van der Waals surface area contributed by atoms with E-state index in [2.05, 4.69) is 6.58 Å². The van der Waals surface area contributed by atoms with Crippen LogP contribution in [0.2, 0.25) is 0 Å². The third-order valence-electron chi connectivity index (χ3n) is 2.66. The van der Waals surface area contributed by atoms with E-state index in [1.165, 1.54) is 6.26 Å². The molecule has 0 aromatic carbocycles. The van der Waals surface area contributed by atoms with Gasteiger partial charge in [0.05, 0.1) is 6.26 Å². The highest BCUT2D eigenvalue weighted by Crippen LogP contribution is 2.41. The van der Waals surface area contributed by atoms with Crippen molar-refractivity contribution in [2.75, 3.05) is 0 Å². The lowest BCUT2D eigenvalue weighted by molar-refractivity contribution is -0.150. The Labute approximate surface area is 75.5 Å². The maximum atomic E-state index is 13.6. The largest absolute Gasteiger partial charge is 0.495 e. The average Bonchev–Trinajstić information content (AvgIpc) is 2.32. The molecule has 1 saturated heterocycles. The van der Waals surface area contributed by atoms with Gasteiger partial charge in [0.25, 0.3) is 0 Å². The van der Waals surface area contributed by atoms with Gasteiger partial charge >= 0.3 is 5.97 Å². The minimum absolute atomic E-state index is 0.129. The van der Waals surface area contributed by atoms with Gasteiger partial charge < -0.3 is 9.47 Å². The number of ether oxygens (including phenoxy) is 2. The normalized spacial score (nSPS) is 42.7. The summed E-state index contributed by atoms with van der Waals surface area (Å²) >= 11 is 0. The molecule has 0 aromatic rings. The second-order valence-corrected chi connectivity index (χ2v) is 3.49. The third kappa shape index (κ3) is 1.20. The van der Waals surface area contributed by atoms with Crippen LogP contribution in [-0.4, -0.2) is 23.8 Å². The molecule has 1 saturated carbocycles. The Morgan fingerprint density at radius 3 is 3.23 bits per heavy atom. The quantitative estimate of drug-likeness (QED) is 0.482. The van der Waals surface area contributed by atoms with Gasteiger partial charge in [-0.05, 0) is 12.8 Å². The fourth-order valence-corrected chi connectivity index (χ4v) is 1.93. The Hall–Kier alpha value is -1.06. The van der Waals surface area contributed by atoms with Crippen LogP contribution < -0.4 is 0 Å². The molecule has 0 N–H and O–H groups in total. The van der Waals surface area contributed by atoms with Crippen molar-refractivity contribution < 1.29 is 18.7 Å². The van der Waals surface area contributed by atoms with E-state index in [1.54, 1.807) is 0 Å². The predicted molar refractivity (Wildman–Crippen MR) is 42.6 cm³/mol. The van der Waals surface area contributed by atoms with Crippen LogP contribution in [0.4, 0.5) is 4.39 Å². The van der Waals surface area contributed by atoms with Crippen molar-refractivity contribution in [2.24, 2.45) is 0 Å². The van der Waals surface area contributed by atoms with Gasteiger partial charge in [0.2, 0.25) is 5.67 Å². The van der Waals surface area contributed by atoms with E-state index in [9.17, 15) is 9.18 Å². The zero-order valence-electron chi connectivity index (χ0n) is 7.16.